The lowest BCUT2D eigenvalue weighted by atomic mass is 10.0. The highest BCUT2D eigenvalue weighted by atomic mass is 19.1. The summed E-state index contributed by atoms with van der Waals surface area (Å²) in [5.41, 5.74) is 3.14. The predicted octanol–water partition coefficient (Wildman–Crippen LogP) is 4.31. The predicted molar refractivity (Wildman–Crippen MR) is 115 cm³/mol. The van der Waals surface area contributed by atoms with Crippen molar-refractivity contribution < 1.29 is 23.7 Å². The van der Waals surface area contributed by atoms with E-state index < -0.39 is 11.9 Å². The molecule has 2 aromatic heterocycles. The number of benzene rings is 2. The molecular formula is C23H22FN3O4. The van der Waals surface area contributed by atoms with E-state index in [1.165, 1.54) is 19.2 Å². The van der Waals surface area contributed by atoms with Crippen LogP contribution < -0.4 is 14.2 Å². The topological polar surface area (TPSA) is 78.6 Å². The first-order valence-corrected chi connectivity index (χ1v) is 9.59. The van der Waals surface area contributed by atoms with E-state index in [2.05, 4.69) is 4.98 Å². The van der Waals surface area contributed by atoms with Crippen molar-refractivity contribution in [3.63, 3.8) is 0 Å². The lowest BCUT2D eigenvalue weighted by Crippen LogP contribution is -2.04. The number of ether oxygens (including phenoxy) is 3. The molecule has 2 heterocycles. The average molecular weight is 423 g/mol. The number of nitrogens with zero attached hydrogens (tertiary/aromatic N) is 3. The molecule has 0 saturated carbocycles. The molecule has 1 N–H and O–H groups in total. The van der Waals surface area contributed by atoms with E-state index >= 15 is 0 Å². The van der Waals surface area contributed by atoms with Crippen LogP contribution in [0.3, 0.4) is 0 Å². The molecule has 0 bridgehead atoms. The quantitative estimate of drug-likeness (QED) is 0.498. The Labute approximate surface area is 178 Å². The third-order valence-electron chi connectivity index (χ3n) is 5.08. The number of aliphatic hydroxyl groups excluding tert-OH is 1. The zero-order chi connectivity index (χ0) is 22.1. The van der Waals surface area contributed by atoms with Crippen LogP contribution in [0.15, 0.2) is 48.8 Å². The summed E-state index contributed by atoms with van der Waals surface area (Å²) in [6.07, 6.45) is 0.870. The molecule has 2 aromatic carbocycles. The van der Waals surface area contributed by atoms with Crippen molar-refractivity contribution in [3.8, 4) is 34.3 Å². The number of fused-ring (bicyclic) bond motifs is 1. The van der Waals surface area contributed by atoms with Gasteiger partial charge in [-0.1, -0.05) is 6.07 Å². The van der Waals surface area contributed by atoms with Gasteiger partial charge in [0.15, 0.2) is 11.5 Å². The first kappa shape index (κ1) is 20.6. The van der Waals surface area contributed by atoms with Gasteiger partial charge in [0.25, 0.3) is 0 Å². The van der Waals surface area contributed by atoms with E-state index in [9.17, 15) is 9.50 Å². The summed E-state index contributed by atoms with van der Waals surface area (Å²) in [6, 6.07) is 11.4. The Morgan fingerprint density at radius 2 is 1.65 bits per heavy atom. The van der Waals surface area contributed by atoms with E-state index in [4.69, 9.17) is 19.2 Å². The van der Waals surface area contributed by atoms with Crippen molar-refractivity contribution in [3.05, 3.63) is 60.2 Å². The number of pyridine rings is 1. The minimum absolute atomic E-state index is 0.327. The maximum absolute atomic E-state index is 13.7. The summed E-state index contributed by atoms with van der Waals surface area (Å²) >= 11 is 0. The standard InChI is InChI=1S/C23H22FN3O4/c1-13(28)15-7-8-22(26-23(15)16-6-5-14(24)9-19(16)29-2)27-12-25-17-10-20(30-3)21(31-4)11-18(17)27/h5-13,28H,1-4H3/t13-/m1/s1. The van der Waals surface area contributed by atoms with E-state index in [0.29, 0.717) is 45.4 Å². The molecule has 31 heavy (non-hydrogen) atoms. The number of aromatic nitrogens is 3. The molecule has 0 unspecified atom stereocenters. The number of imidazole rings is 1. The molecule has 0 fully saturated rings. The summed E-state index contributed by atoms with van der Waals surface area (Å²) in [7, 11) is 4.60. The summed E-state index contributed by atoms with van der Waals surface area (Å²) < 4.78 is 31.7. The Kier molecular flexibility index (Phi) is 5.48. The van der Waals surface area contributed by atoms with Gasteiger partial charge in [-0.05, 0) is 25.1 Å². The number of hydrogen-bond acceptors (Lipinski definition) is 6. The van der Waals surface area contributed by atoms with Crippen LogP contribution >= 0.6 is 0 Å². The van der Waals surface area contributed by atoms with Gasteiger partial charge >= 0.3 is 0 Å². The van der Waals surface area contributed by atoms with Crippen molar-refractivity contribution in [2.24, 2.45) is 0 Å². The number of methoxy groups -OCH3 is 3. The van der Waals surface area contributed by atoms with Gasteiger partial charge in [-0.2, -0.15) is 0 Å². The van der Waals surface area contributed by atoms with Crippen LogP contribution in [0.25, 0.3) is 28.1 Å². The second kappa shape index (κ2) is 8.23. The van der Waals surface area contributed by atoms with Gasteiger partial charge in [-0.15, -0.1) is 0 Å². The summed E-state index contributed by atoms with van der Waals surface area (Å²) in [5, 5.41) is 10.3. The van der Waals surface area contributed by atoms with Crippen molar-refractivity contribution >= 4 is 11.0 Å². The molecule has 0 radical (unpaired) electrons. The van der Waals surface area contributed by atoms with Gasteiger partial charge in [-0.25, -0.2) is 14.4 Å². The molecule has 7 nitrogen and oxygen atoms in total. The normalized spacial score (nSPS) is 12.1. The van der Waals surface area contributed by atoms with Crippen molar-refractivity contribution in [1.82, 2.24) is 14.5 Å². The van der Waals surface area contributed by atoms with Gasteiger partial charge in [0.2, 0.25) is 0 Å². The van der Waals surface area contributed by atoms with Gasteiger partial charge in [-0.3, -0.25) is 4.57 Å². The van der Waals surface area contributed by atoms with Crippen LogP contribution in [0, 0.1) is 5.82 Å². The zero-order valence-electron chi connectivity index (χ0n) is 17.6. The van der Waals surface area contributed by atoms with Crippen LogP contribution in [-0.4, -0.2) is 41.0 Å². The van der Waals surface area contributed by atoms with E-state index in [0.717, 1.165) is 5.52 Å². The number of halogens is 1. The van der Waals surface area contributed by atoms with E-state index in [1.54, 1.807) is 51.7 Å². The van der Waals surface area contributed by atoms with Gasteiger partial charge in [0.1, 0.15) is 23.7 Å². The molecule has 0 aliphatic heterocycles. The Morgan fingerprint density at radius 3 is 2.32 bits per heavy atom. The molecular weight excluding hydrogens is 401 g/mol. The Bertz CT molecular complexity index is 1250. The molecule has 8 heteroatoms. The highest BCUT2D eigenvalue weighted by Gasteiger charge is 2.19. The maximum atomic E-state index is 13.7. The lowest BCUT2D eigenvalue weighted by molar-refractivity contribution is 0.199. The molecule has 1 atom stereocenters. The molecule has 0 aliphatic rings. The lowest BCUT2D eigenvalue weighted by Gasteiger charge is -2.16. The van der Waals surface area contributed by atoms with Crippen molar-refractivity contribution in [2.75, 3.05) is 21.3 Å². The number of hydrogen-bond donors (Lipinski definition) is 1. The minimum Gasteiger partial charge on any atom is -0.496 e. The second-order valence-electron chi connectivity index (χ2n) is 6.94. The summed E-state index contributed by atoms with van der Waals surface area (Å²) in [5.74, 6) is 1.62. The molecule has 0 amide bonds. The smallest absolute Gasteiger partial charge is 0.163 e. The van der Waals surface area contributed by atoms with Crippen LogP contribution in [0.2, 0.25) is 0 Å². The molecule has 0 aliphatic carbocycles. The molecule has 4 rings (SSSR count). The number of rotatable bonds is 6. The SMILES string of the molecule is COc1cc2ncn(-c3ccc([C@@H](C)O)c(-c4ccc(F)cc4OC)n3)c2cc1OC. The fourth-order valence-electron chi connectivity index (χ4n) is 3.53. The van der Waals surface area contributed by atoms with Crippen LogP contribution in [0.1, 0.15) is 18.6 Å². The largest absolute Gasteiger partial charge is 0.496 e. The van der Waals surface area contributed by atoms with Crippen LogP contribution in [0.4, 0.5) is 4.39 Å². The van der Waals surface area contributed by atoms with E-state index in [1.807, 2.05) is 10.6 Å². The maximum Gasteiger partial charge on any atom is 0.163 e. The Balaban J connectivity index is 1.93. The summed E-state index contributed by atoms with van der Waals surface area (Å²) in [6.45, 7) is 1.65. The second-order valence-corrected chi connectivity index (χ2v) is 6.94. The third kappa shape index (κ3) is 3.66. The fraction of sp³-hybridized carbons (Fsp3) is 0.217. The fourth-order valence-corrected chi connectivity index (χ4v) is 3.53. The van der Waals surface area contributed by atoms with Crippen molar-refractivity contribution in [2.45, 2.75) is 13.0 Å². The average Bonchev–Trinajstić information content (AvgIpc) is 3.20. The molecule has 0 saturated heterocycles. The third-order valence-corrected chi connectivity index (χ3v) is 5.08. The molecule has 0 spiro atoms. The Hall–Kier alpha value is -3.65. The van der Waals surface area contributed by atoms with Crippen molar-refractivity contribution in [1.29, 1.82) is 0 Å². The van der Waals surface area contributed by atoms with Crippen LogP contribution in [0.5, 0.6) is 17.2 Å². The highest BCUT2D eigenvalue weighted by Crippen LogP contribution is 2.36. The van der Waals surface area contributed by atoms with Crippen LogP contribution in [-0.2, 0) is 0 Å². The zero-order valence-corrected chi connectivity index (χ0v) is 17.6. The molecule has 4 aromatic rings. The molecule has 160 valence electrons. The monoisotopic (exact) mass is 423 g/mol. The number of aliphatic hydroxyl groups is 1. The van der Waals surface area contributed by atoms with Gasteiger partial charge in [0.05, 0.1) is 44.2 Å². The Morgan fingerprint density at radius 1 is 0.935 bits per heavy atom. The minimum atomic E-state index is -0.782. The summed E-state index contributed by atoms with van der Waals surface area (Å²) in [4.78, 5) is 9.23. The first-order chi connectivity index (χ1) is 15.0. The van der Waals surface area contributed by atoms with E-state index in [-0.39, 0.29) is 0 Å². The first-order valence-electron chi connectivity index (χ1n) is 9.59. The van der Waals surface area contributed by atoms with Gasteiger partial charge in [0, 0.05) is 29.3 Å². The van der Waals surface area contributed by atoms with Gasteiger partial charge < -0.3 is 19.3 Å². The highest BCUT2D eigenvalue weighted by molar-refractivity contribution is 5.82.